The Morgan fingerprint density at radius 3 is 0.816 bits per heavy atom. The van der Waals surface area contributed by atoms with E-state index in [0.717, 1.165) is 36.8 Å². The molecule has 8 atom stereocenters. The van der Waals surface area contributed by atoms with Crippen molar-refractivity contribution in [2.24, 2.45) is 34.5 Å². The smallest absolute Gasteiger partial charge is 0.748 e. The van der Waals surface area contributed by atoms with Crippen LogP contribution >= 0.6 is 0 Å². The van der Waals surface area contributed by atoms with Crippen LogP contribution in [0, 0.1) is 34.5 Å². The molecule has 0 aliphatic rings. The van der Waals surface area contributed by atoms with Crippen LogP contribution in [0.2, 0.25) is 0 Å². The molecule has 3 amide bonds. The zero-order valence-corrected chi connectivity index (χ0v) is 112. The fourth-order valence-electron chi connectivity index (χ4n) is 9.32. The molecule has 0 heterocycles. The molecule has 8 unspecified atom stereocenters. The summed E-state index contributed by atoms with van der Waals surface area (Å²) < 4.78 is 315. The second-order valence-corrected chi connectivity index (χ2v) is 50.4. The van der Waals surface area contributed by atoms with Crippen molar-refractivity contribution in [3.8, 4) is 0 Å². The largest absolute Gasteiger partial charge is 1.00 e. The van der Waals surface area contributed by atoms with E-state index in [1.54, 1.807) is 113 Å². The van der Waals surface area contributed by atoms with Gasteiger partial charge in [-0.25, -0.2) is 50.5 Å². The van der Waals surface area contributed by atoms with Gasteiger partial charge in [-0.2, -0.15) is 33.7 Å². The van der Waals surface area contributed by atoms with Crippen LogP contribution in [0.1, 0.15) is 311 Å². The fourth-order valence-corrected chi connectivity index (χ4v) is 16.1. The van der Waals surface area contributed by atoms with Crippen LogP contribution in [0.5, 0.6) is 0 Å². The van der Waals surface area contributed by atoms with Crippen molar-refractivity contribution in [2.75, 3.05) is 47.7 Å². The molecule has 7 N–H and O–H groups in total. The number of hydrogen-bond acceptors (Lipinski definition) is 33. The summed E-state index contributed by atoms with van der Waals surface area (Å²) in [4.78, 5) is 57.0. The van der Waals surface area contributed by atoms with Gasteiger partial charge in [-0.15, -0.1) is 0 Å². The van der Waals surface area contributed by atoms with Gasteiger partial charge in [-0.1, -0.05) is 173 Å². The quantitative estimate of drug-likeness (QED) is 0.0120. The monoisotopic (exact) mass is 2300 g/mol. The molecule has 0 radical (unpaired) electrons. The van der Waals surface area contributed by atoms with Crippen molar-refractivity contribution in [2.45, 2.75) is 326 Å². The number of nitrogens with one attached hydrogen (secondary N) is 3. The van der Waals surface area contributed by atoms with E-state index < -0.39 is 157 Å². The predicted molar refractivity (Wildman–Crippen MR) is 513 cm³/mol. The Bertz CT molecular complexity index is 4950. The molecule has 56 heteroatoms. The van der Waals surface area contributed by atoms with Crippen molar-refractivity contribution >= 4 is 131 Å². The third-order valence-electron chi connectivity index (χ3n) is 20.1. The van der Waals surface area contributed by atoms with Crippen LogP contribution in [0.25, 0.3) is 0 Å². The van der Waals surface area contributed by atoms with Gasteiger partial charge in [0.25, 0.3) is 40.5 Å². The van der Waals surface area contributed by atoms with E-state index in [2.05, 4.69) is 57.5 Å². The van der Waals surface area contributed by atoms with Gasteiger partial charge < -0.3 is 52.7 Å². The third kappa shape index (κ3) is 99.2. The summed E-state index contributed by atoms with van der Waals surface area (Å²) in [6.07, 6.45) is 7.68. The molecule has 3 aromatic rings. The van der Waals surface area contributed by atoms with Crippen molar-refractivity contribution in [1.29, 1.82) is 0 Å². The summed E-state index contributed by atoms with van der Waals surface area (Å²) in [5.74, 6) is -3.73. The molecule has 796 valence electrons. The molecule has 0 aliphatic carbocycles. The van der Waals surface area contributed by atoms with E-state index in [1.807, 2.05) is 53.7 Å². The summed E-state index contributed by atoms with van der Waals surface area (Å²) in [6.45, 7) is 50.0. The topological polar surface area (TPSA) is 701 Å². The van der Waals surface area contributed by atoms with Gasteiger partial charge in [-0.3, -0.25) is 42.2 Å². The molecule has 141 heavy (non-hydrogen) atoms. The van der Waals surface area contributed by atoms with Crippen LogP contribution in [0.15, 0.2) is 82.6 Å². The van der Waals surface area contributed by atoms with Gasteiger partial charge in [0.2, 0.25) is 17.7 Å². The minimum absolute atomic E-state index is 0. The number of carbonyl (C=O) groups excluding carboxylic acids is 5. The Morgan fingerprint density at radius 1 is 0.348 bits per heavy atom. The van der Waals surface area contributed by atoms with E-state index in [-0.39, 0.29) is 327 Å². The number of benzene rings is 3. The summed E-state index contributed by atoms with van der Waals surface area (Å²) in [5.41, 5.74) is -0.133. The predicted octanol–water partition coefficient (Wildman–Crippen LogP) is -6.02. The summed E-state index contributed by atoms with van der Waals surface area (Å²) in [6, 6.07) is 19.8. The maximum absolute atomic E-state index is 11.5. The van der Waals surface area contributed by atoms with E-state index in [9.17, 15) is 135 Å². The van der Waals surface area contributed by atoms with E-state index >= 15 is 0 Å². The van der Waals surface area contributed by atoms with Gasteiger partial charge in [-0.05, 0) is 217 Å². The maximum Gasteiger partial charge on any atom is 1.00 e. The van der Waals surface area contributed by atoms with Crippen LogP contribution in [0.4, 0.5) is 0 Å². The third-order valence-corrected chi connectivity index (χ3v) is 29.6. The fraction of sp³-hybridized carbons (Fsp3) is 0.729. The zero-order valence-electron chi connectivity index (χ0n) is 89.2. The van der Waals surface area contributed by atoms with E-state index in [0.29, 0.717) is 61.8 Å². The van der Waals surface area contributed by atoms with Gasteiger partial charge in [0.05, 0.1) is 113 Å². The molecule has 0 bridgehead atoms. The van der Waals surface area contributed by atoms with Crippen molar-refractivity contribution in [3.05, 3.63) is 95.1 Å². The van der Waals surface area contributed by atoms with Crippen molar-refractivity contribution in [3.63, 3.8) is 0 Å². The van der Waals surface area contributed by atoms with Crippen LogP contribution < -0.4 is 237 Å². The van der Waals surface area contributed by atoms with Crippen molar-refractivity contribution in [1.82, 2.24) is 16.0 Å². The molecular formula is C85H153K2N3Na4O37S10. The minimum Gasteiger partial charge on any atom is -0.748 e. The summed E-state index contributed by atoms with van der Waals surface area (Å²) in [5, 5.41) is 6.94. The summed E-state index contributed by atoms with van der Waals surface area (Å²) in [7, 11) is -41.1. The molecule has 0 fully saturated rings. The maximum atomic E-state index is 11.5. The Hall–Kier alpha value is 1.38. The molecule has 0 spiro atoms. The number of esters is 2. The number of ether oxygens (including phenoxy) is 2. The zero-order chi connectivity index (χ0) is 108. The first-order valence-electron chi connectivity index (χ1n) is 43.4. The second kappa shape index (κ2) is 80.2. The Morgan fingerprint density at radius 2 is 0.624 bits per heavy atom. The number of carbonyl (C=O) groups is 5. The average molecular weight is 2300 g/mol. The Kier molecular flexibility index (Phi) is 96.7. The van der Waals surface area contributed by atoms with Crippen LogP contribution in [-0.4, -0.2) is 229 Å². The molecule has 3 rings (SSSR count). The standard InChI is InChI=1S/C11H16O3S.2C10H14O3S.3C9H19NO4S.2C9H18O5S.C5H12O3S.C4H10O3S.2K.4Na/c1-3-9(2)11-6-4-10(5-7-11)8-15(12,13)14;2*1-3-8(2)9-4-6-10(7-5-9)14(11,12)13;3*1-5-7(2)8(11)10-9(3,4)6-15(12,13)14;2*1-4-9(2,3)8(10)14-6-5-7-15(11,12)13;1-3-5(2)4-9(6,7)8;1-3-4(2)8(5,6)7;;;;;;/h4-7,9H,3,8H2,1-2H3,(H,12,13,14);2*4-8H,3H2,1-2H3,(H,11,12,13);3*7H,5-6H2,1-4H3,(H,10,11)(H,12,13,14);2*4-7H2,1-3H3,(H,11,12,13);5H,3-4H2,1-2H3,(H,6,7,8);4H,3H2,1-2H3,(H,5,6,7);;;;;;/q;;;;;;;;;;6*+1/p-6. The molecular weight excluding hydrogens is 2150 g/mol. The van der Waals surface area contributed by atoms with E-state index in [4.69, 9.17) is 27.7 Å². The first-order valence-corrected chi connectivity index (χ1v) is 58.9. The molecule has 0 saturated heterocycles. The van der Waals surface area contributed by atoms with E-state index in [1.165, 1.54) is 64.4 Å². The first-order chi connectivity index (χ1) is 60.3. The number of rotatable bonds is 42. The Labute approximate surface area is 1020 Å². The normalized spacial score (nSPS) is 13.5. The average Bonchev–Trinajstić information content (AvgIpc) is 0.861. The molecule has 0 saturated carbocycles. The molecule has 3 aromatic carbocycles. The number of hydrogen-bond donors (Lipinski definition) is 7. The second-order valence-electron chi connectivity index (χ2n) is 35.6. The van der Waals surface area contributed by atoms with Crippen LogP contribution in [-0.2, 0) is 140 Å². The van der Waals surface area contributed by atoms with Gasteiger partial charge >= 0.3 is 233 Å². The first kappa shape index (κ1) is 170. The molecule has 0 aromatic heterocycles. The van der Waals surface area contributed by atoms with Gasteiger partial charge in [0, 0.05) is 45.6 Å². The molecule has 0 aliphatic heterocycles. The number of amides is 3. The SMILES string of the molecule is CCC(C)(C)C(=O)OCCCS(=O)(=O)O.CCC(C)(C)C(=O)OCCCS(=O)(=O)[O-].CCC(C)C(=O)NC(C)(C)CS(=O)(=O)O.CCC(C)C(=O)NC(C)(C)CS(=O)(=O)[O-].CCC(C)C(=O)NC(C)(C)CS(=O)(=O)[O-].CCC(C)CS(=O)(=O)[O-].CCC(C)S(=O)(=O)[O-].CCC(C)c1ccc(CS(=O)(=O)O)cc1.CCC(C)c1ccc(S(=O)(=O)O)cc1.CCC(C)c1ccc(S(=O)(=O)[O-])cc1.[K+].[K+].[Na+].[Na+].[Na+].[Na+]. The van der Waals surface area contributed by atoms with Gasteiger partial charge in [0.1, 0.15) is 15.9 Å². The molecule has 40 nitrogen and oxygen atoms in total. The van der Waals surface area contributed by atoms with Crippen LogP contribution in [0.3, 0.4) is 0 Å². The van der Waals surface area contributed by atoms with Gasteiger partial charge in [0.15, 0.2) is 0 Å². The Balaban J connectivity index is -0.000000117. The summed E-state index contributed by atoms with van der Waals surface area (Å²) >= 11 is 0. The van der Waals surface area contributed by atoms with Crippen molar-refractivity contribution < 1.29 is 384 Å². The minimum atomic E-state index is -4.32.